The third-order valence-electron chi connectivity index (χ3n) is 1.93. The molecule has 0 saturated carbocycles. The summed E-state index contributed by atoms with van der Waals surface area (Å²) in [5.74, 6) is -0.801. The van der Waals surface area contributed by atoms with Crippen molar-refractivity contribution in [3.05, 3.63) is 10.7 Å². The van der Waals surface area contributed by atoms with Gasteiger partial charge in [0.15, 0.2) is 0 Å². The molecule has 6 heteroatoms. The normalized spacial score (nSPS) is 11.7. The predicted molar refractivity (Wildman–Crippen MR) is 58.0 cm³/mol. The molecule has 3 N–H and O–H groups in total. The monoisotopic (exact) mass is 231 g/mol. The molecule has 15 heavy (non-hydrogen) atoms. The van der Waals surface area contributed by atoms with E-state index in [-0.39, 0.29) is 17.8 Å². The average Bonchev–Trinajstić information content (AvgIpc) is 2.30. The van der Waals surface area contributed by atoms with Gasteiger partial charge in [-0.15, -0.1) is 0 Å². The molecule has 1 rings (SSSR count). The van der Waals surface area contributed by atoms with E-state index in [1.165, 1.54) is 4.68 Å². The Kier molecular flexibility index (Phi) is 2.95. The summed E-state index contributed by atoms with van der Waals surface area (Å²) >= 11 is 5.98. The Bertz CT molecular complexity index is 393. The summed E-state index contributed by atoms with van der Waals surface area (Å²) in [6, 6.07) is 0. The van der Waals surface area contributed by atoms with Gasteiger partial charge in [-0.1, -0.05) is 32.4 Å². The van der Waals surface area contributed by atoms with E-state index in [0.29, 0.717) is 10.7 Å². The minimum absolute atomic E-state index is 0.198. The van der Waals surface area contributed by atoms with E-state index in [1.807, 2.05) is 20.8 Å². The number of halogens is 1. The molecule has 1 aromatic heterocycles. The molecule has 0 aliphatic carbocycles. The Morgan fingerprint density at radius 1 is 1.60 bits per heavy atom. The first-order valence-electron chi connectivity index (χ1n) is 4.47. The van der Waals surface area contributed by atoms with Crippen LogP contribution in [0.5, 0.6) is 0 Å². The van der Waals surface area contributed by atoms with Crippen LogP contribution < -0.4 is 5.73 Å². The number of hydrogen-bond acceptors (Lipinski definition) is 3. The van der Waals surface area contributed by atoms with Crippen LogP contribution >= 0.6 is 11.6 Å². The quantitative estimate of drug-likeness (QED) is 0.808. The topological polar surface area (TPSA) is 81.1 Å². The SMILES string of the molecule is CC(C)(C)c1nn(CC(=O)O)c(N)c1Cl. The number of aromatic nitrogens is 2. The zero-order valence-corrected chi connectivity index (χ0v) is 9.67. The van der Waals surface area contributed by atoms with E-state index in [2.05, 4.69) is 5.10 Å². The molecule has 0 amide bonds. The maximum absolute atomic E-state index is 10.5. The van der Waals surface area contributed by atoms with Crippen molar-refractivity contribution in [1.29, 1.82) is 0 Å². The molecule has 0 spiro atoms. The first kappa shape index (κ1) is 11.8. The zero-order chi connectivity index (χ0) is 11.8. The van der Waals surface area contributed by atoms with Crippen LogP contribution in [0, 0.1) is 0 Å². The van der Waals surface area contributed by atoms with Crippen LogP contribution in [-0.4, -0.2) is 20.9 Å². The van der Waals surface area contributed by atoms with Crippen LogP contribution in [-0.2, 0) is 16.8 Å². The number of carboxylic acids is 1. The van der Waals surface area contributed by atoms with Gasteiger partial charge in [-0.2, -0.15) is 5.10 Å². The molecule has 0 aliphatic rings. The van der Waals surface area contributed by atoms with E-state index < -0.39 is 5.97 Å². The lowest BCUT2D eigenvalue weighted by molar-refractivity contribution is -0.137. The molecule has 0 saturated heterocycles. The number of nitrogens with zero attached hydrogens (tertiary/aromatic N) is 2. The molecular weight excluding hydrogens is 218 g/mol. The highest BCUT2D eigenvalue weighted by Gasteiger charge is 2.25. The van der Waals surface area contributed by atoms with Gasteiger partial charge < -0.3 is 10.8 Å². The molecule has 0 aromatic carbocycles. The third-order valence-corrected chi connectivity index (χ3v) is 2.30. The van der Waals surface area contributed by atoms with Crippen molar-refractivity contribution in [2.24, 2.45) is 0 Å². The number of nitrogen functional groups attached to an aromatic ring is 1. The minimum Gasteiger partial charge on any atom is -0.480 e. The number of anilines is 1. The van der Waals surface area contributed by atoms with Crippen molar-refractivity contribution in [3.63, 3.8) is 0 Å². The van der Waals surface area contributed by atoms with Gasteiger partial charge in [-0.25, -0.2) is 4.68 Å². The maximum Gasteiger partial charge on any atom is 0.325 e. The van der Waals surface area contributed by atoms with Crippen molar-refractivity contribution in [1.82, 2.24) is 9.78 Å². The van der Waals surface area contributed by atoms with Crippen molar-refractivity contribution >= 4 is 23.4 Å². The highest BCUT2D eigenvalue weighted by molar-refractivity contribution is 6.33. The molecule has 0 fully saturated rings. The van der Waals surface area contributed by atoms with Gasteiger partial charge in [-0.3, -0.25) is 4.79 Å². The van der Waals surface area contributed by atoms with Crippen molar-refractivity contribution < 1.29 is 9.90 Å². The summed E-state index contributed by atoms with van der Waals surface area (Å²) < 4.78 is 1.20. The van der Waals surface area contributed by atoms with Crippen molar-refractivity contribution in [3.8, 4) is 0 Å². The Morgan fingerprint density at radius 2 is 2.13 bits per heavy atom. The summed E-state index contributed by atoms with van der Waals surface area (Å²) in [4.78, 5) is 10.5. The Labute approximate surface area is 92.8 Å². The van der Waals surface area contributed by atoms with Crippen LogP contribution in [0.1, 0.15) is 26.5 Å². The Morgan fingerprint density at radius 3 is 2.47 bits per heavy atom. The van der Waals surface area contributed by atoms with Crippen LogP contribution in [0.3, 0.4) is 0 Å². The Hall–Kier alpha value is -1.23. The summed E-state index contributed by atoms with van der Waals surface area (Å²) in [7, 11) is 0. The molecule has 0 aliphatic heterocycles. The van der Waals surface area contributed by atoms with Crippen LogP contribution in [0.4, 0.5) is 5.82 Å². The third kappa shape index (κ3) is 2.41. The number of aliphatic carboxylic acids is 1. The van der Waals surface area contributed by atoms with E-state index >= 15 is 0 Å². The first-order chi connectivity index (χ1) is 6.73. The number of carboxylic acid groups (broad SMARTS) is 1. The summed E-state index contributed by atoms with van der Waals surface area (Å²) in [5.41, 5.74) is 6.01. The van der Waals surface area contributed by atoms with E-state index in [0.717, 1.165) is 0 Å². The lowest BCUT2D eigenvalue weighted by Gasteiger charge is -2.14. The van der Waals surface area contributed by atoms with Gasteiger partial charge in [0.25, 0.3) is 0 Å². The van der Waals surface area contributed by atoms with Crippen LogP contribution in [0.25, 0.3) is 0 Å². The minimum atomic E-state index is -0.999. The highest BCUT2D eigenvalue weighted by atomic mass is 35.5. The highest BCUT2D eigenvalue weighted by Crippen LogP contribution is 2.32. The fourth-order valence-electron chi connectivity index (χ4n) is 1.18. The molecule has 0 unspecified atom stereocenters. The molecule has 0 radical (unpaired) electrons. The lowest BCUT2D eigenvalue weighted by atomic mass is 9.92. The largest absolute Gasteiger partial charge is 0.480 e. The lowest BCUT2D eigenvalue weighted by Crippen LogP contribution is -2.15. The number of nitrogens with two attached hydrogens (primary N) is 1. The van der Waals surface area contributed by atoms with Gasteiger partial charge in [0.2, 0.25) is 0 Å². The van der Waals surface area contributed by atoms with Gasteiger partial charge in [0.1, 0.15) is 17.4 Å². The molecule has 0 bridgehead atoms. The van der Waals surface area contributed by atoms with Crippen LogP contribution in [0.2, 0.25) is 5.02 Å². The molecule has 0 atom stereocenters. The van der Waals surface area contributed by atoms with E-state index in [9.17, 15) is 4.79 Å². The number of carbonyl (C=O) groups is 1. The fraction of sp³-hybridized carbons (Fsp3) is 0.556. The van der Waals surface area contributed by atoms with Gasteiger partial charge >= 0.3 is 5.97 Å². The second-order valence-electron chi connectivity index (χ2n) is 4.35. The van der Waals surface area contributed by atoms with Gasteiger partial charge in [-0.05, 0) is 0 Å². The van der Waals surface area contributed by atoms with E-state index in [1.54, 1.807) is 0 Å². The summed E-state index contributed by atoms with van der Waals surface area (Å²) in [6.07, 6.45) is 0. The number of hydrogen-bond donors (Lipinski definition) is 2. The average molecular weight is 232 g/mol. The molecular formula is C9H14ClN3O2. The summed E-state index contributed by atoms with van der Waals surface area (Å²) in [6.45, 7) is 5.53. The molecule has 84 valence electrons. The maximum atomic E-state index is 10.5. The van der Waals surface area contributed by atoms with Crippen molar-refractivity contribution in [2.45, 2.75) is 32.7 Å². The van der Waals surface area contributed by atoms with Crippen molar-refractivity contribution in [2.75, 3.05) is 5.73 Å². The standard InChI is InChI=1S/C9H14ClN3O2/c1-9(2,3)7-6(10)8(11)13(12-7)4-5(14)15/h4,11H2,1-3H3,(H,14,15). The zero-order valence-electron chi connectivity index (χ0n) is 8.91. The second kappa shape index (κ2) is 3.73. The van der Waals surface area contributed by atoms with Gasteiger partial charge in [0.05, 0.1) is 5.69 Å². The Balaban J connectivity index is 3.18. The van der Waals surface area contributed by atoms with Gasteiger partial charge in [0, 0.05) is 5.41 Å². The number of rotatable bonds is 2. The fourth-order valence-corrected chi connectivity index (χ4v) is 1.60. The van der Waals surface area contributed by atoms with E-state index in [4.69, 9.17) is 22.4 Å². The molecule has 1 heterocycles. The summed E-state index contributed by atoms with van der Waals surface area (Å²) in [5, 5.41) is 13.1. The second-order valence-corrected chi connectivity index (χ2v) is 4.73. The predicted octanol–water partition coefficient (Wildman–Crippen LogP) is 1.50. The van der Waals surface area contributed by atoms with Crippen LogP contribution in [0.15, 0.2) is 0 Å². The first-order valence-corrected chi connectivity index (χ1v) is 4.85. The molecule has 1 aromatic rings. The molecule has 5 nitrogen and oxygen atoms in total. The smallest absolute Gasteiger partial charge is 0.325 e.